The third-order valence-corrected chi connectivity index (χ3v) is 4.51. The summed E-state index contributed by atoms with van der Waals surface area (Å²) in [6.45, 7) is 0.722. The molecule has 0 amide bonds. The van der Waals surface area contributed by atoms with Gasteiger partial charge in [0, 0.05) is 17.8 Å². The number of aliphatic imine (C=N–C) groups is 1. The zero-order chi connectivity index (χ0) is 17.8. The summed E-state index contributed by atoms with van der Waals surface area (Å²) < 4.78 is 15.8. The standard InChI is InChI=1S/C20H23NO4.ClH/c1-23-15-7-4-13(5-8-15)6-9-16-18-14(10-11-21-16)12-17(24-2)20(25-3)19(18)22;/h4-5,7-8,12,22H,6,9-11H2,1-3H3;1H. The molecule has 0 fully saturated rings. The lowest BCUT2D eigenvalue weighted by molar-refractivity contribution is 0.332. The summed E-state index contributed by atoms with van der Waals surface area (Å²) in [4.78, 5) is 4.65. The molecular formula is C20H24ClNO4. The lowest BCUT2D eigenvalue weighted by Gasteiger charge is -2.21. The number of nitrogens with zero attached hydrogens (tertiary/aromatic N) is 1. The number of fused-ring (bicyclic) bond motifs is 1. The van der Waals surface area contributed by atoms with E-state index in [0.717, 1.165) is 48.4 Å². The molecule has 1 aliphatic rings. The lowest BCUT2D eigenvalue weighted by atomic mass is 9.92. The van der Waals surface area contributed by atoms with Crippen LogP contribution in [0.3, 0.4) is 0 Å². The van der Waals surface area contributed by atoms with Crippen molar-refractivity contribution in [1.29, 1.82) is 0 Å². The summed E-state index contributed by atoms with van der Waals surface area (Å²) >= 11 is 0. The zero-order valence-electron chi connectivity index (χ0n) is 15.2. The average Bonchev–Trinajstić information content (AvgIpc) is 2.66. The van der Waals surface area contributed by atoms with Gasteiger partial charge in [0.2, 0.25) is 5.75 Å². The molecule has 0 spiro atoms. The van der Waals surface area contributed by atoms with Crippen molar-refractivity contribution in [3.05, 3.63) is 47.0 Å². The third kappa shape index (κ3) is 3.88. The maximum atomic E-state index is 10.7. The van der Waals surface area contributed by atoms with E-state index in [4.69, 9.17) is 14.2 Å². The number of rotatable bonds is 6. The van der Waals surface area contributed by atoms with Crippen LogP contribution in [0.15, 0.2) is 35.3 Å². The van der Waals surface area contributed by atoms with Gasteiger partial charge in [0.25, 0.3) is 0 Å². The molecule has 1 N–H and O–H groups in total. The first kappa shape index (κ1) is 19.9. The second-order valence-corrected chi connectivity index (χ2v) is 5.92. The molecular weight excluding hydrogens is 354 g/mol. The molecule has 1 aliphatic heterocycles. The third-order valence-electron chi connectivity index (χ3n) is 4.51. The van der Waals surface area contributed by atoms with E-state index in [-0.39, 0.29) is 18.2 Å². The minimum absolute atomic E-state index is 0. The molecule has 140 valence electrons. The molecule has 0 saturated heterocycles. The van der Waals surface area contributed by atoms with Crippen LogP contribution in [0.4, 0.5) is 0 Å². The maximum absolute atomic E-state index is 10.7. The van der Waals surface area contributed by atoms with Crippen molar-refractivity contribution in [2.45, 2.75) is 19.3 Å². The number of hydrogen-bond donors (Lipinski definition) is 1. The Morgan fingerprint density at radius 1 is 1.00 bits per heavy atom. The van der Waals surface area contributed by atoms with Gasteiger partial charge in [-0.15, -0.1) is 12.4 Å². The maximum Gasteiger partial charge on any atom is 0.203 e. The molecule has 26 heavy (non-hydrogen) atoms. The quantitative estimate of drug-likeness (QED) is 0.831. The van der Waals surface area contributed by atoms with E-state index >= 15 is 0 Å². The summed E-state index contributed by atoms with van der Waals surface area (Å²) in [5.74, 6) is 1.87. The number of ether oxygens (including phenoxy) is 3. The molecule has 5 nitrogen and oxygen atoms in total. The predicted octanol–water partition coefficient (Wildman–Crippen LogP) is 3.82. The summed E-state index contributed by atoms with van der Waals surface area (Å²) in [7, 11) is 4.76. The molecule has 6 heteroatoms. The van der Waals surface area contributed by atoms with Crippen LogP contribution in [0.5, 0.6) is 23.0 Å². The molecule has 3 rings (SSSR count). The van der Waals surface area contributed by atoms with Crippen molar-refractivity contribution in [3.63, 3.8) is 0 Å². The van der Waals surface area contributed by atoms with Crippen molar-refractivity contribution in [2.75, 3.05) is 27.9 Å². The minimum atomic E-state index is 0. The van der Waals surface area contributed by atoms with E-state index in [1.54, 1.807) is 14.2 Å². The van der Waals surface area contributed by atoms with Gasteiger partial charge in [-0.05, 0) is 48.6 Å². The first-order valence-electron chi connectivity index (χ1n) is 8.31. The van der Waals surface area contributed by atoms with Gasteiger partial charge in [0.15, 0.2) is 11.5 Å². The predicted molar refractivity (Wildman–Crippen MR) is 105 cm³/mol. The highest BCUT2D eigenvalue weighted by molar-refractivity contribution is 6.06. The Balaban J connectivity index is 0.00000243. The van der Waals surface area contributed by atoms with E-state index in [1.165, 1.54) is 12.7 Å². The van der Waals surface area contributed by atoms with Gasteiger partial charge in [-0.25, -0.2) is 0 Å². The first-order chi connectivity index (χ1) is 12.2. The molecule has 1 heterocycles. The van der Waals surface area contributed by atoms with E-state index in [1.807, 2.05) is 18.2 Å². The van der Waals surface area contributed by atoms with Gasteiger partial charge in [-0.2, -0.15) is 0 Å². The van der Waals surface area contributed by atoms with Crippen LogP contribution in [0.2, 0.25) is 0 Å². The van der Waals surface area contributed by atoms with Crippen LogP contribution in [0.25, 0.3) is 0 Å². The van der Waals surface area contributed by atoms with Crippen molar-refractivity contribution >= 4 is 18.1 Å². The molecule has 0 aliphatic carbocycles. The van der Waals surface area contributed by atoms with Gasteiger partial charge in [0.1, 0.15) is 5.75 Å². The van der Waals surface area contributed by atoms with E-state index in [0.29, 0.717) is 11.5 Å². The fourth-order valence-electron chi connectivity index (χ4n) is 3.20. The van der Waals surface area contributed by atoms with Gasteiger partial charge in [-0.3, -0.25) is 4.99 Å². The lowest BCUT2D eigenvalue weighted by Crippen LogP contribution is -2.15. The number of halogens is 1. The van der Waals surface area contributed by atoms with E-state index < -0.39 is 0 Å². The van der Waals surface area contributed by atoms with Gasteiger partial charge in [-0.1, -0.05) is 12.1 Å². The molecule has 2 aromatic carbocycles. The van der Waals surface area contributed by atoms with Crippen LogP contribution in [0, 0.1) is 0 Å². The average molecular weight is 378 g/mol. The Morgan fingerprint density at radius 2 is 1.73 bits per heavy atom. The number of aromatic hydroxyl groups is 1. The SMILES string of the molecule is COc1ccc(CCC2=NCCc3cc(OC)c(OC)c(O)c32)cc1.Cl. The fourth-order valence-corrected chi connectivity index (χ4v) is 3.20. The smallest absolute Gasteiger partial charge is 0.203 e. The Kier molecular flexibility index (Phi) is 6.75. The molecule has 0 radical (unpaired) electrons. The van der Waals surface area contributed by atoms with Crippen LogP contribution in [-0.2, 0) is 12.8 Å². The Bertz CT molecular complexity index is 787. The van der Waals surface area contributed by atoms with Crippen molar-refractivity contribution in [2.24, 2.45) is 4.99 Å². The summed E-state index contributed by atoms with van der Waals surface area (Å²) in [5.41, 5.74) is 3.96. The second kappa shape index (κ2) is 8.81. The Morgan fingerprint density at radius 3 is 2.35 bits per heavy atom. The largest absolute Gasteiger partial charge is 0.504 e. The minimum Gasteiger partial charge on any atom is -0.504 e. The monoisotopic (exact) mass is 377 g/mol. The molecule has 0 atom stereocenters. The topological polar surface area (TPSA) is 60.3 Å². The molecule has 2 aromatic rings. The van der Waals surface area contributed by atoms with E-state index in [9.17, 15) is 5.11 Å². The zero-order valence-corrected chi connectivity index (χ0v) is 16.1. The summed E-state index contributed by atoms with van der Waals surface area (Å²) in [6.07, 6.45) is 2.38. The Labute approximate surface area is 160 Å². The van der Waals surface area contributed by atoms with Crippen LogP contribution < -0.4 is 14.2 Å². The van der Waals surface area contributed by atoms with Crippen molar-refractivity contribution in [3.8, 4) is 23.0 Å². The highest BCUT2D eigenvalue weighted by Gasteiger charge is 2.24. The number of hydrogen-bond acceptors (Lipinski definition) is 5. The van der Waals surface area contributed by atoms with Gasteiger partial charge < -0.3 is 19.3 Å². The summed E-state index contributed by atoms with van der Waals surface area (Å²) in [5, 5.41) is 10.7. The fraction of sp³-hybridized carbons (Fsp3) is 0.350. The second-order valence-electron chi connectivity index (χ2n) is 5.92. The Hall–Kier alpha value is -2.40. The highest BCUT2D eigenvalue weighted by atomic mass is 35.5. The number of phenolic OH excluding ortho intramolecular Hbond substituents is 1. The van der Waals surface area contributed by atoms with Gasteiger partial charge >= 0.3 is 0 Å². The number of benzene rings is 2. The van der Waals surface area contributed by atoms with Crippen molar-refractivity contribution in [1.82, 2.24) is 0 Å². The molecule has 0 unspecified atom stereocenters. The van der Waals surface area contributed by atoms with Crippen LogP contribution in [0.1, 0.15) is 23.1 Å². The van der Waals surface area contributed by atoms with Crippen LogP contribution >= 0.6 is 12.4 Å². The molecule has 0 bridgehead atoms. The normalized spacial score (nSPS) is 12.5. The van der Waals surface area contributed by atoms with E-state index in [2.05, 4.69) is 17.1 Å². The number of aryl methyl sites for hydroxylation is 1. The number of methoxy groups -OCH3 is 3. The van der Waals surface area contributed by atoms with Crippen molar-refractivity contribution < 1.29 is 19.3 Å². The molecule has 0 aromatic heterocycles. The van der Waals surface area contributed by atoms with Gasteiger partial charge in [0.05, 0.1) is 21.3 Å². The van der Waals surface area contributed by atoms with Crippen LogP contribution in [-0.4, -0.2) is 38.7 Å². The first-order valence-corrected chi connectivity index (χ1v) is 8.31. The highest BCUT2D eigenvalue weighted by Crippen LogP contribution is 2.43. The molecule has 0 saturated carbocycles. The summed E-state index contributed by atoms with van der Waals surface area (Å²) in [6, 6.07) is 9.96. The number of phenols is 1.